The lowest BCUT2D eigenvalue weighted by Crippen LogP contribution is -2.08. The third-order valence-electron chi connectivity index (χ3n) is 15.6. The number of nitrogens with zero attached hydrogens (tertiary/aromatic N) is 6. The first kappa shape index (κ1) is 44.8. The maximum absolute atomic E-state index is 15.6. The molecule has 15 aromatic rings. The minimum Gasteiger partial charge on any atom is -0.309 e. The summed E-state index contributed by atoms with van der Waals surface area (Å²) in [5.41, 5.74) is 11.5. The standard InChI is InChI=1S/C69H39F3N6/c70-69(71,72)59-34-43(41-74)27-30-48(59)47-31-29-46(77-62-25-13-9-21-51(62)57-36-55-49-19-7-11-23-60(49)75(65(55)38-67(57)77)44-15-3-1-4-16-44)35-53(47)54-33-42(40-73)28-32-64(54)78-63-26-14-10-22-52(63)58-37-56-50-20-8-12-24-61(50)76(66(56)39-68(58)78)45-17-5-2-6-18-45/h1-39H. The van der Waals surface area contributed by atoms with E-state index in [1.165, 1.54) is 12.1 Å². The van der Waals surface area contributed by atoms with Crippen LogP contribution in [0, 0.1) is 22.7 Å². The van der Waals surface area contributed by atoms with E-state index in [4.69, 9.17) is 0 Å². The summed E-state index contributed by atoms with van der Waals surface area (Å²) in [5, 5.41) is 29.1. The van der Waals surface area contributed by atoms with Gasteiger partial charge in [0.15, 0.2) is 0 Å². The molecule has 4 aromatic heterocycles. The van der Waals surface area contributed by atoms with E-state index in [-0.39, 0.29) is 16.7 Å². The fourth-order valence-electron chi connectivity index (χ4n) is 12.3. The van der Waals surface area contributed by atoms with Crippen molar-refractivity contribution in [3.63, 3.8) is 0 Å². The van der Waals surface area contributed by atoms with Crippen molar-refractivity contribution >= 4 is 87.2 Å². The van der Waals surface area contributed by atoms with Gasteiger partial charge in [-0.05, 0) is 132 Å². The van der Waals surface area contributed by atoms with E-state index < -0.39 is 11.7 Å². The molecular formula is C69H39F3N6. The van der Waals surface area contributed by atoms with Crippen LogP contribution in [0.15, 0.2) is 237 Å². The van der Waals surface area contributed by atoms with Gasteiger partial charge in [-0.25, -0.2) is 0 Å². The summed E-state index contributed by atoms with van der Waals surface area (Å²) in [6, 6.07) is 81.8. The van der Waals surface area contributed by atoms with Crippen molar-refractivity contribution in [2.24, 2.45) is 0 Å². The van der Waals surface area contributed by atoms with Gasteiger partial charge in [-0.3, -0.25) is 0 Å². The van der Waals surface area contributed by atoms with E-state index in [1.807, 2.05) is 91.0 Å². The van der Waals surface area contributed by atoms with Crippen molar-refractivity contribution in [1.82, 2.24) is 18.3 Å². The minimum absolute atomic E-state index is 0.0935. The molecule has 0 aliphatic carbocycles. The molecule has 366 valence electrons. The third kappa shape index (κ3) is 6.62. The smallest absolute Gasteiger partial charge is 0.309 e. The van der Waals surface area contributed by atoms with Crippen molar-refractivity contribution < 1.29 is 13.2 Å². The molecule has 0 aliphatic heterocycles. The van der Waals surface area contributed by atoms with E-state index in [0.717, 1.165) is 105 Å². The van der Waals surface area contributed by atoms with Gasteiger partial charge in [0.05, 0.1) is 78.6 Å². The Balaban J connectivity index is 1.06. The Morgan fingerprint density at radius 3 is 1.15 bits per heavy atom. The lowest BCUT2D eigenvalue weighted by molar-refractivity contribution is -0.137. The molecule has 9 heteroatoms. The van der Waals surface area contributed by atoms with Gasteiger partial charge in [0.25, 0.3) is 0 Å². The molecular weight excluding hydrogens is 970 g/mol. The summed E-state index contributed by atoms with van der Waals surface area (Å²) in [6.07, 6.45) is -4.82. The number of hydrogen-bond acceptors (Lipinski definition) is 2. The number of halogens is 3. The second kappa shape index (κ2) is 17.0. The highest BCUT2D eigenvalue weighted by Crippen LogP contribution is 2.48. The van der Waals surface area contributed by atoms with Crippen molar-refractivity contribution in [1.29, 1.82) is 10.5 Å². The molecule has 15 rings (SSSR count). The zero-order chi connectivity index (χ0) is 52.4. The molecule has 6 nitrogen and oxygen atoms in total. The highest BCUT2D eigenvalue weighted by Gasteiger charge is 2.35. The summed E-state index contributed by atoms with van der Waals surface area (Å²) in [7, 11) is 0. The molecule has 0 aliphatic rings. The second-order valence-corrected chi connectivity index (χ2v) is 19.8. The van der Waals surface area contributed by atoms with Crippen molar-refractivity contribution in [3.8, 4) is 57.1 Å². The number of nitriles is 2. The van der Waals surface area contributed by atoms with Crippen molar-refractivity contribution in [2.75, 3.05) is 0 Å². The first-order valence-corrected chi connectivity index (χ1v) is 25.6. The summed E-state index contributed by atoms with van der Waals surface area (Å²) >= 11 is 0. The Hall–Kier alpha value is -10.6. The van der Waals surface area contributed by atoms with Crippen LogP contribution >= 0.6 is 0 Å². The van der Waals surface area contributed by atoms with Crippen LogP contribution in [0.5, 0.6) is 0 Å². The summed E-state index contributed by atoms with van der Waals surface area (Å²) in [6.45, 7) is 0. The van der Waals surface area contributed by atoms with Crippen LogP contribution in [0.1, 0.15) is 16.7 Å². The fourth-order valence-corrected chi connectivity index (χ4v) is 12.3. The van der Waals surface area contributed by atoms with E-state index in [0.29, 0.717) is 28.1 Å². The van der Waals surface area contributed by atoms with Crippen LogP contribution in [0.2, 0.25) is 0 Å². The number of hydrogen-bond donors (Lipinski definition) is 0. The number of rotatable bonds is 6. The Morgan fingerprint density at radius 2 is 0.679 bits per heavy atom. The monoisotopic (exact) mass is 1010 g/mol. The first-order valence-electron chi connectivity index (χ1n) is 25.6. The van der Waals surface area contributed by atoms with Crippen LogP contribution in [-0.2, 0) is 6.18 Å². The third-order valence-corrected chi connectivity index (χ3v) is 15.6. The van der Waals surface area contributed by atoms with Gasteiger partial charge >= 0.3 is 6.18 Å². The van der Waals surface area contributed by atoms with E-state index in [2.05, 4.69) is 140 Å². The maximum atomic E-state index is 15.6. The lowest BCUT2D eigenvalue weighted by atomic mass is 9.89. The number of alkyl halides is 3. The van der Waals surface area contributed by atoms with Gasteiger partial charge in [0.1, 0.15) is 0 Å². The molecule has 0 saturated heterocycles. The molecule has 11 aromatic carbocycles. The molecule has 78 heavy (non-hydrogen) atoms. The Bertz CT molecular complexity index is 5100. The van der Waals surface area contributed by atoms with Crippen molar-refractivity contribution in [2.45, 2.75) is 6.18 Å². The highest BCUT2D eigenvalue weighted by molar-refractivity contribution is 6.21. The molecule has 0 radical (unpaired) electrons. The minimum atomic E-state index is -4.82. The summed E-state index contributed by atoms with van der Waals surface area (Å²) in [5.74, 6) is 0. The zero-order valence-corrected chi connectivity index (χ0v) is 41.3. The van der Waals surface area contributed by atoms with Crippen LogP contribution in [0.4, 0.5) is 13.2 Å². The fraction of sp³-hybridized carbons (Fsp3) is 0.0145. The Kier molecular flexibility index (Phi) is 9.75. The molecule has 0 unspecified atom stereocenters. The van der Waals surface area contributed by atoms with Gasteiger partial charge in [-0.1, -0.05) is 121 Å². The first-order chi connectivity index (χ1) is 38.2. The number of fused-ring (bicyclic) bond motifs is 12. The van der Waals surface area contributed by atoms with Crippen LogP contribution in [0.25, 0.3) is 132 Å². The largest absolute Gasteiger partial charge is 0.417 e. The lowest BCUT2D eigenvalue weighted by Gasteiger charge is -2.21. The molecule has 0 atom stereocenters. The Morgan fingerprint density at radius 1 is 0.282 bits per heavy atom. The quantitative estimate of drug-likeness (QED) is 0.167. The highest BCUT2D eigenvalue weighted by atomic mass is 19.4. The zero-order valence-electron chi connectivity index (χ0n) is 41.3. The average Bonchev–Trinajstić information content (AvgIpc) is 4.26. The number of para-hydroxylation sites is 6. The van der Waals surface area contributed by atoms with Gasteiger partial charge in [0, 0.05) is 65.7 Å². The normalized spacial score (nSPS) is 12.0. The van der Waals surface area contributed by atoms with E-state index >= 15 is 13.2 Å². The molecule has 0 bridgehead atoms. The number of aromatic nitrogens is 4. The summed E-state index contributed by atoms with van der Waals surface area (Å²) < 4.78 is 55.6. The molecule has 0 spiro atoms. The number of benzene rings is 11. The molecule has 0 amide bonds. The Labute approximate surface area is 443 Å². The molecule has 0 saturated carbocycles. The molecule has 0 N–H and O–H groups in total. The molecule has 0 fully saturated rings. The van der Waals surface area contributed by atoms with E-state index in [9.17, 15) is 10.5 Å². The van der Waals surface area contributed by atoms with Crippen molar-refractivity contribution in [3.05, 3.63) is 253 Å². The van der Waals surface area contributed by atoms with Gasteiger partial charge < -0.3 is 18.3 Å². The topological polar surface area (TPSA) is 67.3 Å². The predicted octanol–water partition coefficient (Wildman–Crippen LogP) is 18.2. The predicted molar refractivity (Wildman–Crippen MR) is 309 cm³/mol. The van der Waals surface area contributed by atoms with Gasteiger partial charge in [-0.2, -0.15) is 23.7 Å². The van der Waals surface area contributed by atoms with Gasteiger partial charge in [-0.15, -0.1) is 0 Å². The summed E-state index contributed by atoms with van der Waals surface area (Å²) in [4.78, 5) is 0. The van der Waals surface area contributed by atoms with Crippen LogP contribution < -0.4 is 0 Å². The van der Waals surface area contributed by atoms with E-state index in [1.54, 1.807) is 18.2 Å². The maximum Gasteiger partial charge on any atom is 0.417 e. The SMILES string of the molecule is N#Cc1ccc(-n2c3ccccc3c3cc4c5ccccc5n(-c5ccccc5)c4cc32)c(-c2cc(-n3c4ccccc4c4cc5c6ccccc6n(-c6ccccc6)c5cc43)ccc2-c2ccc(C#N)cc2C(F)(F)F)c1. The van der Waals surface area contributed by atoms with Gasteiger partial charge in [0.2, 0.25) is 0 Å². The van der Waals surface area contributed by atoms with Crippen LogP contribution in [-0.4, -0.2) is 18.3 Å². The molecule has 4 heterocycles. The second-order valence-electron chi connectivity index (χ2n) is 19.8. The average molecular weight is 1010 g/mol. The van der Waals surface area contributed by atoms with Crippen LogP contribution in [0.3, 0.4) is 0 Å².